The Labute approximate surface area is 97.9 Å². The van der Waals surface area contributed by atoms with Gasteiger partial charge in [-0.3, -0.25) is 9.69 Å². The van der Waals surface area contributed by atoms with Gasteiger partial charge in [-0.1, -0.05) is 0 Å². The first-order valence-corrected chi connectivity index (χ1v) is 6.12. The van der Waals surface area contributed by atoms with Crippen LogP contribution in [0.15, 0.2) is 16.2 Å². The molecule has 0 bridgehead atoms. The molecule has 86 valence electrons. The first-order chi connectivity index (χ1) is 7.58. The Hall–Kier alpha value is -1.20. The fraction of sp³-hybridized carbons (Fsp3) is 0.455. The van der Waals surface area contributed by atoms with Gasteiger partial charge in [-0.2, -0.15) is 0 Å². The Bertz CT molecular complexity index is 543. The third-order valence-corrected chi connectivity index (χ3v) is 3.55. The third kappa shape index (κ3) is 2.15. The molecule has 0 radical (unpaired) electrons. The lowest BCUT2D eigenvalue weighted by Gasteiger charge is -2.19. The molecule has 0 aliphatic carbocycles. The molecule has 2 aromatic heterocycles. The van der Waals surface area contributed by atoms with Crippen LogP contribution in [0, 0.1) is 0 Å². The number of hydrogen-bond donors (Lipinski definition) is 1. The zero-order valence-electron chi connectivity index (χ0n) is 9.65. The molecule has 0 aliphatic rings. The first kappa shape index (κ1) is 11.3. The van der Waals surface area contributed by atoms with E-state index in [0.717, 1.165) is 11.3 Å². The highest BCUT2D eigenvalue weighted by atomic mass is 32.1. The molecular weight excluding hydrogens is 222 g/mol. The van der Waals surface area contributed by atoms with Crippen LogP contribution < -0.4 is 5.56 Å². The van der Waals surface area contributed by atoms with E-state index in [2.05, 4.69) is 28.7 Å². The number of hydrogen-bond acceptors (Lipinski definition) is 4. The average molecular weight is 237 g/mol. The number of thiophene rings is 1. The number of fused-ring (bicyclic) bond motifs is 1. The fourth-order valence-corrected chi connectivity index (χ4v) is 2.14. The minimum atomic E-state index is -0.0350. The molecule has 16 heavy (non-hydrogen) atoms. The highest BCUT2D eigenvalue weighted by Gasteiger charge is 2.08. The van der Waals surface area contributed by atoms with Crippen molar-refractivity contribution in [2.45, 2.75) is 26.4 Å². The number of aromatic amines is 1. The maximum atomic E-state index is 11.7. The van der Waals surface area contributed by atoms with Gasteiger partial charge in [0.1, 0.15) is 10.5 Å². The molecule has 0 aromatic carbocycles. The summed E-state index contributed by atoms with van der Waals surface area (Å²) in [5.74, 6) is 0.729. The molecule has 0 saturated heterocycles. The summed E-state index contributed by atoms with van der Waals surface area (Å²) in [7, 11) is 2.02. The van der Waals surface area contributed by atoms with Crippen LogP contribution in [0.1, 0.15) is 19.7 Å². The molecule has 0 amide bonds. The van der Waals surface area contributed by atoms with Crippen molar-refractivity contribution in [1.29, 1.82) is 0 Å². The standard InChI is InChI=1S/C11H15N3OS/c1-7(2)14(3)6-9-12-8-4-5-16-10(8)11(15)13-9/h4-5,7H,6H2,1-3H3,(H,12,13,15). The Morgan fingerprint density at radius 2 is 2.31 bits per heavy atom. The monoisotopic (exact) mass is 237 g/mol. The van der Waals surface area contributed by atoms with Gasteiger partial charge in [-0.25, -0.2) is 4.98 Å². The van der Waals surface area contributed by atoms with E-state index in [1.807, 2.05) is 18.5 Å². The second-order valence-electron chi connectivity index (χ2n) is 4.16. The van der Waals surface area contributed by atoms with E-state index in [9.17, 15) is 4.79 Å². The minimum Gasteiger partial charge on any atom is -0.308 e. The number of aromatic nitrogens is 2. The minimum absolute atomic E-state index is 0.0350. The molecular formula is C11H15N3OS. The summed E-state index contributed by atoms with van der Waals surface area (Å²) in [6, 6.07) is 2.32. The number of H-pyrrole nitrogens is 1. The Kier molecular flexibility index (Phi) is 3.07. The van der Waals surface area contributed by atoms with Crippen LogP contribution in [0.2, 0.25) is 0 Å². The van der Waals surface area contributed by atoms with E-state index >= 15 is 0 Å². The fourth-order valence-electron chi connectivity index (χ4n) is 1.42. The smallest absolute Gasteiger partial charge is 0.268 e. The molecule has 0 unspecified atom stereocenters. The third-order valence-electron chi connectivity index (χ3n) is 2.64. The maximum absolute atomic E-state index is 11.7. The van der Waals surface area contributed by atoms with Gasteiger partial charge in [0.25, 0.3) is 5.56 Å². The zero-order chi connectivity index (χ0) is 11.7. The Morgan fingerprint density at radius 1 is 1.56 bits per heavy atom. The molecule has 1 N–H and O–H groups in total. The lowest BCUT2D eigenvalue weighted by atomic mass is 10.3. The normalized spacial score (nSPS) is 11.8. The molecule has 0 fully saturated rings. The quantitative estimate of drug-likeness (QED) is 0.886. The Balaban J connectivity index is 2.35. The summed E-state index contributed by atoms with van der Waals surface area (Å²) >= 11 is 1.43. The molecule has 2 rings (SSSR count). The molecule has 0 atom stereocenters. The summed E-state index contributed by atoms with van der Waals surface area (Å²) in [6.07, 6.45) is 0. The predicted molar refractivity (Wildman–Crippen MR) is 66.8 cm³/mol. The van der Waals surface area contributed by atoms with Gasteiger partial charge in [0.15, 0.2) is 0 Å². The van der Waals surface area contributed by atoms with Gasteiger partial charge in [-0.15, -0.1) is 11.3 Å². The van der Waals surface area contributed by atoms with Gasteiger partial charge >= 0.3 is 0 Å². The highest BCUT2D eigenvalue weighted by Crippen LogP contribution is 2.14. The Morgan fingerprint density at radius 3 is 3.00 bits per heavy atom. The van der Waals surface area contributed by atoms with E-state index in [-0.39, 0.29) is 5.56 Å². The molecule has 4 nitrogen and oxygen atoms in total. The predicted octanol–water partition coefficient (Wildman–Crippen LogP) is 1.82. The average Bonchev–Trinajstić information content (AvgIpc) is 2.65. The lowest BCUT2D eigenvalue weighted by Crippen LogP contribution is -2.27. The summed E-state index contributed by atoms with van der Waals surface area (Å²) < 4.78 is 0.705. The van der Waals surface area contributed by atoms with Crippen molar-refractivity contribution in [2.75, 3.05) is 7.05 Å². The van der Waals surface area contributed by atoms with E-state index < -0.39 is 0 Å². The van der Waals surface area contributed by atoms with Crippen molar-refractivity contribution >= 4 is 21.6 Å². The summed E-state index contributed by atoms with van der Waals surface area (Å²) in [5, 5.41) is 1.89. The van der Waals surface area contributed by atoms with Crippen molar-refractivity contribution in [1.82, 2.24) is 14.9 Å². The largest absolute Gasteiger partial charge is 0.308 e. The van der Waals surface area contributed by atoms with Crippen molar-refractivity contribution in [2.24, 2.45) is 0 Å². The van der Waals surface area contributed by atoms with Gasteiger partial charge in [0, 0.05) is 6.04 Å². The van der Waals surface area contributed by atoms with E-state index in [4.69, 9.17) is 0 Å². The molecule has 0 spiro atoms. The molecule has 2 aromatic rings. The van der Waals surface area contributed by atoms with Crippen LogP contribution in [-0.4, -0.2) is 28.0 Å². The molecule has 5 heteroatoms. The number of nitrogens with zero attached hydrogens (tertiary/aromatic N) is 2. The topological polar surface area (TPSA) is 49.0 Å². The zero-order valence-corrected chi connectivity index (χ0v) is 10.5. The van der Waals surface area contributed by atoms with E-state index in [1.54, 1.807) is 0 Å². The van der Waals surface area contributed by atoms with Crippen molar-refractivity contribution in [3.63, 3.8) is 0 Å². The van der Waals surface area contributed by atoms with Crippen LogP contribution in [0.25, 0.3) is 10.2 Å². The van der Waals surface area contributed by atoms with Gasteiger partial charge in [-0.05, 0) is 32.3 Å². The summed E-state index contributed by atoms with van der Waals surface area (Å²) in [6.45, 7) is 4.89. The molecule has 0 aliphatic heterocycles. The van der Waals surface area contributed by atoms with Crippen molar-refractivity contribution in [3.05, 3.63) is 27.6 Å². The van der Waals surface area contributed by atoms with Crippen LogP contribution in [-0.2, 0) is 6.54 Å². The second-order valence-corrected chi connectivity index (χ2v) is 5.07. The van der Waals surface area contributed by atoms with E-state index in [0.29, 0.717) is 17.3 Å². The van der Waals surface area contributed by atoms with Gasteiger partial charge in [0.2, 0.25) is 0 Å². The maximum Gasteiger partial charge on any atom is 0.268 e. The van der Waals surface area contributed by atoms with Crippen LogP contribution in [0.5, 0.6) is 0 Å². The van der Waals surface area contributed by atoms with Crippen LogP contribution in [0.4, 0.5) is 0 Å². The number of rotatable bonds is 3. The van der Waals surface area contributed by atoms with Gasteiger partial charge < -0.3 is 4.98 Å². The van der Waals surface area contributed by atoms with E-state index in [1.165, 1.54) is 11.3 Å². The second kappa shape index (κ2) is 4.35. The van der Waals surface area contributed by atoms with Crippen LogP contribution >= 0.6 is 11.3 Å². The van der Waals surface area contributed by atoms with Crippen LogP contribution in [0.3, 0.4) is 0 Å². The van der Waals surface area contributed by atoms with Gasteiger partial charge in [0.05, 0.1) is 12.1 Å². The number of nitrogens with one attached hydrogen (secondary N) is 1. The summed E-state index contributed by atoms with van der Waals surface area (Å²) in [4.78, 5) is 21.1. The first-order valence-electron chi connectivity index (χ1n) is 5.24. The molecule has 2 heterocycles. The lowest BCUT2D eigenvalue weighted by molar-refractivity contribution is 0.259. The summed E-state index contributed by atoms with van der Waals surface area (Å²) in [5.41, 5.74) is 0.757. The molecule has 0 saturated carbocycles. The SMILES string of the molecule is CC(C)N(C)Cc1nc2ccsc2c(=O)[nH]1. The van der Waals surface area contributed by atoms with Crippen molar-refractivity contribution in [3.8, 4) is 0 Å². The van der Waals surface area contributed by atoms with Crippen molar-refractivity contribution < 1.29 is 0 Å². The highest BCUT2D eigenvalue weighted by molar-refractivity contribution is 7.17.